The van der Waals surface area contributed by atoms with Crippen LogP contribution in [-0.2, 0) is 9.53 Å². The first kappa shape index (κ1) is 20.0. The van der Waals surface area contributed by atoms with Gasteiger partial charge in [-0.2, -0.15) is 0 Å². The van der Waals surface area contributed by atoms with E-state index in [4.69, 9.17) is 4.74 Å². The number of H-pyrrole nitrogens is 2. The fraction of sp³-hybridized carbons (Fsp3) is 0.0870. The van der Waals surface area contributed by atoms with E-state index in [-0.39, 0.29) is 5.69 Å². The van der Waals surface area contributed by atoms with Gasteiger partial charge in [-0.05, 0) is 49.4 Å². The summed E-state index contributed by atoms with van der Waals surface area (Å²) in [4.78, 5) is 41.3. The molecule has 0 aliphatic heterocycles. The third-order valence-electron chi connectivity index (χ3n) is 4.61. The summed E-state index contributed by atoms with van der Waals surface area (Å²) in [6.45, 7) is 1.55. The number of benzene rings is 3. The highest BCUT2D eigenvalue weighted by molar-refractivity contribution is 5.99. The van der Waals surface area contributed by atoms with Crippen LogP contribution in [0.5, 0.6) is 0 Å². The topological polar surface area (TPSA) is 116 Å². The van der Waals surface area contributed by atoms with E-state index in [2.05, 4.69) is 20.6 Å². The molecule has 1 amide bonds. The second kappa shape index (κ2) is 8.58. The van der Waals surface area contributed by atoms with Crippen molar-refractivity contribution in [3.63, 3.8) is 0 Å². The summed E-state index contributed by atoms with van der Waals surface area (Å²) in [5.41, 5.74) is 4.22. The smallest absolute Gasteiger partial charge is 0.340 e. The molecule has 156 valence electrons. The standard InChI is InChI=1S/C23H20N4O4/c1-14-6-8-15(9-7-14)24-18-5-3-2-4-17(18)22(29)31-13-21(28)25-16-10-11-19-20(12-16)27-23(30)26-19/h2-12,24H,13H2,1H3,(H,25,28)(H2,26,27,30). The van der Waals surface area contributed by atoms with Gasteiger partial charge < -0.3 is 25.3 Å². The van der Waals surface area contributed by atoms with Crippen LogP contribution in [0.1, 0.15) is 15.9 Å². The summed E-state index contributed by atoms with van der Waals surface area (Å²) in [7, 11) is 0. The molecule has 4 N–H and O–H groups in total. The molecule has 0 aliphatic rings. The van der Waals surface area contributed by atoms with Crippen LogP contribution in [0.15, 0.2) is 71.5 Å². The zero-order valence-corrected chi connectivity index (χ0v) is 16.7. The number of fused-ring (bicyclic) bond motifs is 1. The van der Waals surface area contributed by atoms with Crippen molar-refractivity contribution in [2.75, 3.05) is 17.2 Å². The maximum Gasteiger partial charge on any atom is 0.340 e. The summed E-state index contributed by atoms with van der Waals surface area (Å²) >= 11 is 0. The van der Waals surface area contributed by atoms with Crippen molar-refractivity contribution in [3.8, 4) is 0 Å². The molecule has 0 unspecified atom stereocenters. The van der Waals surface area contributed by atoms with Crippen molar-refractivity contribution in [2.45, 2.75) is 6.92 Å². The zero-order valence-electron chi connectivity index (χ0n) is 16.7. The van der Waals surface area contributed by atoms with E-state index in [0.29, 0.717) is 28.0 Å². The van der Waals surface area contributed by atoms with Gasteiger partial charge in [0.25, 0.3) is 5.91 Å². The average Bonchev–Trinajstić information content (AvgIpc) is 3.13. The summed E-state index contributed by atoms with van der Waals surface area (Å²) in [5, 5.41) is 5.84. The van der Waals surface area contributed by atoms with Crippen LogP contribution < -0.4 is 16.3 Å². The van der Waals surface area contributed by atoms with E-state index in [0.717, 1.165) is 11.3 Å². The maximum absolute atomic E-state index is 12.6. The van der Waals surface area contributed by atoms with Crippen LogP contribution in [0.4, 0.5) is 17.1 Å². The summed E-state index contributed by atoms with van der Waals surface area (Å²) in [6, 6.07) is 19.6. The Hall–Kier alpha value is -4.33. The van der Waals surface area contributed by atoms with Crippen molar-refractivity contribution in [1.29, 1.82) is 0 Å². The number of aryl methyl sites for hydroxylation is 1. The number of aromatic amines is 2. The first-order valence-electron chi connectivity index (χ1n) is 9.60. The van der Waals surface area contributed by atoms with Crippen molar-refractivity contribution < 1.29 is 14.3 Å². The van der Waals surface area contributed by atoms with Crippen LogP contribution in [-0.4, -0.2) is 28.5 Å². The molecule has 0 fully saturated rings. The summed E-state index contributed by atoms with van der Waals surface area (Å²) in [6.07, 6.45) is 0. The number of ether oxygens (including phenoxy) is 1. The second-order valence-corrected chi connectivity index (χ2v) is 7.00. The zero-order chi connectivity index (χ0) is 21.8. The molecule has 4 rings (SSSR count). The van der Waals surface area contributed by atoms with Gasteiger partial charge in [-0.3, -0.25) is 4.79 Å². The van der Waals surface area contributed by atoms with E-state index in [1.165, 1.54) is 0 Å². The Morgan fingerprint density at radius 3 is 2.42 bits per heavy atom. The lowest BCUT2D eigenvalue weighted by atomic mass is 10.1. The molecule has 0 saturated heterocycles. The van der Waals surface area contributed by atoms with Gasteiger partial charge in [-0.25, -0.2) is 9.59 Å². The summed E-state index contributed by atoms with van der Waals surface area (Å²) < 4.78 is 5.20. The molecule has 0 spiro atoms. The lowest BCUT2D eigenvalue weighted by Crippen LogP contribution is -2.21. The van der Waals surface area contributed by atoms with Crippen LogP contribution >= 0.6 is 0 Å². The SMILES string of the molecule is Cc1ccc(Nc2ccccc2C(=O)OCC(=O)Nc2ccc3[nH]c(=O)[nH]c3c2)cc1. The molecule has 4 aromatic rings. The van der Waals surface area contributed by atoms with Gasteiger partial charge in [0, 0.05) is 11.4 Å². The van der Waals surface area contributed by atoms with E-state index in [9.17, 15) is 14.4 Å². The Labute approximate surface area is 177 Å². The minimum Gasteiger partial charge on any atom is -0.452 e. The van der Waals surface area contributed by atoms with Crippen LogP contribution in [0.3, 0.4) is 0 Å². The van der Waals surface area contributed by atoms with E-state index in [1.54, 1.807) is 36.4 Å². The normalized spacial score (nSPS) is 10.6. The van der Waals surface area contributed by atoms with Gasteiger partial charge in [0.2, 0.25) is 0 Å². The van der Waals surface area contributed by atoms with Gasteiger partial charge in [-0.15, -0.1) is 0 Å². The van der Waals surface area contributed by atoms with Gasteiger partial charge in [0.1, 0.15) is 0 Å². The monoisotopic (exact) mass is 416 g/mol. The first-order valence-corrected chi connectivity index (χ1v) is 9.60. The Morgan fingerprint density at radius 1 is 0.903 bits per heavy atom. The number of hydrogen-bond acceptors (Lipinski definition) is 5. The van der Waals surface area contributed by atoms with Crippen molar-refractivity contribution in [1.82, 2.24) is 9.97 Å². The average molecular weight is 416 g/mol. The molecule has 1 heterocycles. The largest absolute Gasteiger partial charge is 0.452 e. The maximum atomic E-state index is 12.6. The van der Waals surface area contributed by atoms with Crippen LogP contribution in [0.2, 0.25) is 0 Å². The van der Waals surface area contributed by atoms with Crippen molar-refractivity contribution >= 4 is 40.0 Å². The number of esters is 1. The minimum atomic E-state index is -0.615. The highest BCUT2D eigenvalue weighted by atomic mass is 16.5. The molecule has 31 heavy (non-hydrogen) atoms. The van der Waals surface area contributed by atoms with Crippen LogP contribution in [0.25, 0.3) is 11.0 Å². The number of nitrogens with one attached hydrogen (secondary N) is 4. The molecule has 0 radical (unpaired) electrons. The first-order chi connectivity index (χ1) is 15.0. The van der Waals surface area contributed by atoms with E-state index < -0.39 is 18.5 Å². The quantitative estimate of drug-likeness (QED) is 0.358. The highest BCUT2D eigenvalue weighted by Crippen LogP contribution is 2.22. The molecule has 1 aromatic heterocycles. The fourth-order valence-electron chi connectivity index (χ4n) is 3.08. The molecular weight excluding hydrogens is 396 g/mol. The van der Waals surface area contributed by atoms with Crippen molar-refractivity contribution in [3.05, 3.63) is 88.3 Å². The minimum absolute atomic E-state index is 0.321. The Bertz CT molecular complexity index is 1310. The molecular formula is C23H20N4O4. The third-order valence-corrected chi connectivity index (χ3v) is 4.61. The lowest BCUT2D eigenvalue weighted by molar-refractivity contribution is -0.119. The van der Waals surface area contributed by atoms with Gasteiger partial charge in [0.05, 0.1) is 22.3 Å². The third kappa shape index (κ3) is 4.81. The van der Waals surface area contributed by atoms with Crippen molar-refractivity contribution in [2.24, 2.45) is 0 Å². The number of carbonyl (C=O) groups is 2. The summed E-state index contributed by atoms with van der Waals surface area (Å²) in [5.74, 6) is -1.11. The Balaban J connectivity index is 1.39. The molecule has 3 aromatic carbocycles. The van der Waals surface area contributed by atoms with Gasteiger partial charge >= 0.3 is 11.7 Å². The number of amides is 1. The highest BCUT2D eigenvalue weighted by Gasteiger charge is 2.15. The number of rotatable bonds is 6. The predicted octanol–water partition coefficient (Wildman–Crippen LogP) is 3.70. The molecule has 8 heteroatoms. The number of carbonyl (C=O) groups excluding carboxylic acids is 2. The Kier molecular flexibility index (Phi) is 5.53. The van der Waals surface area contributed by atoms with E-state index >= 15 is 0 Å². The fourth-order valence-corrected chi connectivity index (χ4v) is 3.08. The molecule has 8 nitrogen and oxygen atoms in total. The predicted molar refractivity (Wildman–Crippen MR) is 119 cm³/mol. The van der Waals surface area contributed by atoms with Gasteiger partial charge in [-0.1, -0.05) is 29.8 Å². The Morgan fingerprint density at radius 2 is 1.61 bits per heavy atom. The molecule has 0 atom stereocenters. The molecule has 0 bridgehead atoms. The van der Waals surface area contributed by atoms with Crippen LogP contribution in [0, 0.1) is 6.92 Å². The molecule has 0 aliphatic carbocycles. The number of para-hydroxylation sites is 1. The number of hydrogen-bond donors (Lipinski definition) is 4. The van der Waals surface area contributed by atoms with Gasteiger partial charge in [0.15, 0.2) is 6.61 Å². The van der Waals surface area contributed by atoms with E-state index in [1.807, 2.05) is 37.3 Å². The second-order valence-electron chi connectivity index (χ2n) is 7.00. The number of anilines is 3. The number of aromatic nitrogens is 2. The number of imidazole rings is 1. The molecule has 0 saturated carbocycles. The lowest BCUT2D eigenvalue weighted by Gasteiger charge is -2.12.